The predicted octanol–water partition coefficient (Wildman–Crippen LogP) is 5.58. The van der Waals surface area contributed by atoms with E-state index in [9.17, 15) is 32.3 Å². The molecular formula is C32H27ClF4N4O4. The minimum Gasteiger partial charge on any atom is -0.489 e. The van der Waals surface area contributed by atoms with Crippen LogP contribution in [0, 0.1) is 18.7 Å². The SMILES string of the molecule is Cc1cnc2c(Cl)cc(C(=O)NCC(O)(c3cc4c(c(-c5ccc(F)c(C(F)(F)F)c5)n3)OC[C@]4(C)C(N)=O)C3CC3)cc2c1. The van der Waals surface area contributed by atoms with Crippen LogP contribution in [0.4, 0.5) is 17.6 Å². The standard InChI is InChI=1S/C32H27ClF4N4O4/c1-15-7-17-8-18(10-22(33)25(17)39-12-15)28(42)40-13-31(44,19-4-5-19)24-11-21-27(45-14-30(21,2)29(38)43)26(41-24)16-3-6-23(34)20(9-16)32(35,36)37/h3,6-12,19,44H,4-5,13-14H2,1-2H3,(H2,38,43)(H,40,42)/t30-,31?/m0/s1. The second-order valence-electron chi connectivity index (χ2n) is 11.8. The monoisotopic (exact) mass is 642 g/mol. The van der Waals surface area contributed by atoms with E-state index in [0.29, 0.717) is 35.9 Å². The molecule has 2 aliphatic rings. The Bertz CT molecular complexity index is 1900. The fourth-order valence-corrected chi connectivity index (χ4v) is 5.94. The molecule has 0 bridgehead atoms. The minimum absolute atomic E-state index is 0.00308. The second-order valence-corrected chi connectivity index (χ2v) is 12.2. The Kier molecular flexibility index (Phi) is 7.28. The Morgan fingerprint density at radius 1 is 1.18 bits per heavy atom. The van der Waals surface area contributed by atoms with E-state index in [0.717, 1.165) is 11.6 Å². The number of pyridine rings is 2. The third kappa shape index (κ3) is 5.35. The van der Waals surface area contributed by atoms with Crippen molar-refractivity contribution in [2.24, 2.45) is 11.7 Å². The van der Waals surface area contributed by atoms with Crippen molar-refractivity contribution in [2.75, 3.05) is 13.2 Å². The third-order valence-corrected chi connectivity index (χ3v) is 8.80. The highest BCUT2D eigenvalue weighted by molar-refractivity contribution is 6.35. The Morgan fingerprint density at radius 2 is 1.91 bits per heavy atom. The van der Waals surface area contributed by atoms with E-state index in [1.54, 1.807) is 12.3 Å². The number of nitrogens with one attached hydrogen (secondary N) is 1. The Morgan fingerprint density at radius 3 is 2.58 bits per heavy atom. The minimum atomic E-state index is -5.00. The van der Waals surface area contributed by atoms with Gasteiger partial charge in [0.15, 0.2) is 0 Å². The van der Waals surface area contributed by atoms with E-state index in [4.69, 9.17) is 22.1 Å². The molecule has 0 saturated heterocycles. The number of ether oxygens (including phenoxy) is 1. The zero-order chi connectivity index (χ0) is 32.5. The number of benzene rings is 2. The number of rotatable bonds is 7. The van der Waals surface area contributed by atoms with Crippen LogP contribution in [-0.4, -0.2) is 40.0 Å². The molecule has 3 heterocycles. The average molecular weight is 643 g/mol. The van der Waals surface area contributed by atoms with Gasteiger partial charge in [0, 0.05) is 28.3 Å². The molecule has 4 aromatic rings. The van der Waals surface area contributed by atoms with Gasteiger partial charge in [0.05, 0.1) is 28.3 Å². The largest absolute Gasteiger partial charge is 0.489 e. The van der Waals surface area contributed by atoms with Crippen LogP contribution in [0.2, 0.25) is 5.02 Å². The summed E-state index contributed by atoms with van der Waals surface area (Å²) in [5.74, 6) is -3.15. The molecule has 1 aliphatic heterocycles. The zero-order valence-corrected chi connectivity index (χ0v) is 24.8. The Balaban J connectivity index is 1.43. The third-order valence-electron chi connectivity index (χ3n) is 8.51. The topological polar surface area (TPSA) is 127 Å². The van der Waals surface area contributed by atoms with E-state index in [1.807, 2.05) is 13.0 Å². The number of nitrogens with zero attached hydrogens (tertiary/aromatic N) is 2. The zero-order valence-electron chi connectivity index (χ0n) is 24.1. The quantitative estimate of drug-likeness (QED) is 0.226. The van der Waals surface area contributed by atoms with Gasteiger partial charge in [-0.25, -0.2) is 9.37 Å². The number of alkyl halides is 3. The van der Waals surface area contributed by atoms with Crippen LogP contribution < -0.4 is 15.8 Å². The molecule has 1 fully saturated rings. The van der Waals surface area contributed by atoms with Gasteiger partial charge >= 0.3 is 6.18 Å². The molecule has 1 saturated carbocycles. The number of aromatic nitrogens is 2. The van der Waals surface area contributed by atoms with E-state index >= 15 is 0 Å². The number of amides is 2. The summed E-state index contributed by atoms with van der Waals surface area (Å²) in [6.07, 6.45) is -2.19. The number of hydrogen-bond acceptors (Lipinski definition) is 6. The van der Waals surface area contributed by atoms with Gasteiger partial charge in [0.2, 0.25) is 5.91 Å². The van der Waals surface area contributed by atoms with Gasteiger partial charge in [0.1, 0.15) is 34.9 Å². The number of aliphatic hydroxyl groups is 1. The summed E-state index contributed by atoms with van der Waals surface area (Å²) in [4.78, 5) is 34.8. The first kappa shape index (κ1) is 30.7. The van der Waals surface area contributed by atoms with E-state index < -0.39 is 40.4 Å². The van der Waals surface area contributed by atoms with Crippen molar-refractivity contribution in [1.82, 2.24) is 15.3 Å². The van der Waals surface area contributed by atoms with Gasteiger partial charge in [-0.1, -0.05) is 11.6 Å². The van der Waals surface area contributed by atoms with Gasteiger partial charge in [0.25, 0.3) is 5.91 Å². The lowest BCUT2D eigenvalue weighted by Gasteiger charge is -2.30. The molecule has 0 spiro atoms. The Labute approximate surface area is 259 Å². The molecule has 4 N–H and O–H groups in total. The molecule has 2 aromatic heterocycles. The summed E-state index contributed by atoms with van der Waals surface area (Å²) >= 11 is 6.39. The highest BCUT2D eigenvalue weighted by atomic mass is 35.5. The van der Waals surface area contributed by atoms with E-state index in [2.05, 4.69) is 15.3 Å². The first-order valence-electron chi connectivity index (χ1n) is 14.0. The molecule has 0 radical (unpaired) electrons. The molecule has 2 atom stereocenters. The van der Waals surface area contributed by atoms with Crippen molar-refractivity contribution >= 4 is 34.3 Å². The molecule has 1 aliphatic carbocycles. The van der Waals surface area contributed by atoms with Crippen molar-refractivity contribution in [2.45, 2.75) is 43.9 Å². The van der Waals surface area contributed by atoms with Crippen LogP contribution in [0.5, 0.6) is 5.75 Å². The van der Waals surface area contributed by atoms with Crippen LogP contribution in [0.3, 0.4) is 0 Å². The van der Waals surface area contributed by atoms with Gasteiger partial charge in [-0.15, -0.1) is 0 Å². The molecule has 6 rings (SSSR count). The molecule has 8 nitrogen and oxygen atoms in total. The smallest absolute Gasteiger partial charge is 0.419 e. The van der Waals surface area contributed by atoms with Gasteiger partial charge in [-0.2, -0.15) is 13.2 Å². The summed E-state index contributed by atoms with van der Waals surface area (Å²) in [6, 6.07) is 8.74. The molecule has 2 amide bonds. The lowest BCUT2D eigenvalue weighted by molar-refractivity contribution is -0.140. The van der Waals surface area contributed by atoms with Crippen LogP contribution in [0.15, 0.2) is 48.7 Å². The predicted molar refractivity (Wildman–Crippen MR) is 157 cm³/mol. The number of carbonyl (C=O) groups is 2. The number of aryl methyl sites for hydroxylation is 1. The van der Waals surface area contributed by atoms with Crippen LogP contribution in [-0.2, 0) is 22.0 Å². The van der Waals surface area contributed by atoms with Crippen molar-refractivity contribution in [3.05, 3.63) is 87.4 Å². The summed E-state index contributed by atoms with van der Waals surface area (Å²) in [7, 11) is 0. The molecule has 13 heteroatoms. The highest BCUT2D eigenvalue weighted by Gasteiger charge is 2.50. The van der Waals surface area contributed by atoms with Crippen LogP contribution >= 0.6 is 11.6 Å². The van der Waals surface area contributed by atoms with Gasteiger partial charge < -0.3 is 20.9 Å². The highest BCUT2D eigenvalue weighted by Crippen LogP contribution is 2.50. The molecular weight excluding hydrogens is 616 g/mol. The maximum atomic E-state index is 14.2. The number of hydrogen-bond donors (Lipinski definition) is 3. The van der Waals surface area contributed by atoms with Crippen LogP contribution in [0.25, 0.3) is 22.2 Å². The lowest BCUT2D eigenvalue weighted by atomic mass is 9.81. The van der Waals surface area contributed by atoms with E-state index in [1.165, 1.54) is 19.1 Å². The number of primary amides is 1. The van der Waals surface area contributed by atoms with Crippen molar-refractivity contribution in [3.8, 4) is 17.0 Å². The number of fused-ring (bicyclic) bond motifs is 2. The van der Waals surface area contributed by atoms with Gasteiger partial charge in [-0.3, -0.25) is 14.6 Å². The van der Waals surface area contributed by atoms with Crippen molar-refractivity contribution in [1.29, 1.82) is 0 Å². The van der Waals surface area contributed by atoms with Crippen LogP contribution in [0.1, 0.15) is 52.5 Å². The number of carbonyl (C=O) groups excluding carboxylic acids is 2. The summed E-state index contributed by atoms with van der Waals surface area (Å²) < 4.78 is 60.8. The summed E-state index contributed by atoms with van der Waals surface area (Å²) in [6.45, 7) is 2.82. The normalized spacial score (nSPS) is 19.1. The second kappa shape index (κ2) is 10.7. The molecule has 234 valence electrons. The molecule has 1 unspecified atom stereocenters. The summed E-state index contributed by atoms with van der Waals surface area (Å²) in [5.41, 5.74) is 2.54. The average Bonchev–Trinajstić information content (AvgIpc) is 3.78. The maximum Gasteiger partial charge on any atom is 0.419 e. The molecule has 2 aromatic carbocycles. The van der Waals surface area contributed by atoms with Gasteiger partial charge in [-0.05, 0) is 80.6 Å². The summed E-state index contributed by atoms with van der Waals surface area (Å²) in [5, 5.41) is 15.8. The van der Waals surface area contributed by atoms with Crippen molar-refractivity contribution < 1.29 is 37.0 Å². The Hall–Kier alpha value is -4.29. The fraction of sp³-hybridized carbons (Fsp3) is 0.312. The first-order valence-corrected chi connectivity index (χ1v) is 14.4. The van der Waals surface area contributed by atoms with E-state index in [-0.39, 0.29) is 57.9 Å². The number of halogens is 5. The maximum absolute atomic E-state index is 14.2. The lowest BCUT2D eigenvalue weighted by Crippen LogP contribution is -2.44. The van der Waals surface area contributed by atoms with Crippen molar-refractivity contribution in [3.63, 3.8) is 0 Å². The first-order chi connectivity index (χ1) is 21.1. The number of nitrogens with two attached hydrogens (primary N) is 1. The fourth-order valence-electron chi connectivity index (χ4n) is 5.66. The molecule has 45 heavy (non-hydrogen) atoms.